The molecule has 0 saturated carbocycles. The van der Waals surface area contributed by atoms with Crippen LogP contribution in [0.25, 0.3) is 0 Å². The van der Waals surface area contributed by atoms with Gasteiger partial charge in [0.1, 0.15) is 5.82 Å². The third-order valence-corrected chi connectivity index (χ3v) is 2.64. The van der Waals surface area contributed by atoms with E-state index >= 15 is 0 Å². The Balaban J connectivity index is 2.06. The second-order valence-corrected chi connectivity index (χ2v) is 3.90. The van der Waals surface area contributed by atoms with Crippen LogP contribution in [0.3, 0.4) is 0 Å². The number of nitrogens with zero attached hydrogens (tertiary/aromatic N) is 2. The minimum Gasteiger partial charge on any atom is -0.362 e. The van der Waals surface area contributed by atoms with Gasteiger partial charge in [-0.3, -0.25) is 4.98 Å². The van der Waals surface area contributed by atoms with Crippen LogP contribution in [0, 0.1) is 0 Å². The van der Waals surface area contributed by atoms with E-state index in [1.54, 1.807) is 18.6 Å². The lowest BCUT2D eigenvalue weighted by Gasteiger charge is -2.14. The highest BCUT2D eigenvalue weighted by Gasteiger charge is 2.05. The van der Waals surface area contributed by atoms with Crippen molar-refractivity contribution in [3.8, 4) is 0 Å². The number of hydrogen-bond acceptors (Lipinski definition) is 4. The molecule has 0 radical (unpaired) electrons. The van der Waals surface area contributed by atoms with Crippen molar-refractivity contribution in [3.63, 3.8) is 0 Å². The molecule has 4 nitrogen and oxygen atoms in total. The molecule has 2 aromatic rings. The van der Waals surface area contributed by atoms with Crippen molar-refractivity contribution in [3.05, 3.63) is 54.0 Å². The van der Waals surface area contributed by atoms with Crippen LogP contribution < -0.4 is 11.1 Å². The van der Waals surface area contributed by atoms with Gasteiger partial charge in [-0.1, -0.05) is 24.3 Å². The molecule has 0 amide bonds. The van der Waals surface area contributed by atoms with E-state index < -0.39 is 0 Å². The summed E-state index contributed by atoms with van der Waals surface area (Å²) in [6.45, 7) is 2.67. The lowest BCUT2D eigenvalue weighted by atomic mass is 10.1. The Morgan fingerprint density at radius 2 is 2.00 bits per heavy atom. The number of rotatable bonds is 4. The summed E-state index contributed by atoms with van der Waals surface area (Å²) in [6, 6.07) is 8.44. The molecular formula is C13H16N4. The maximum atomic E-state index is 5.57. The largest absolute Gasteiger partial charge is 0.362 e. The predicted octanol–water partition coefficient (Wildman–Crippen LogP) is 2.11. The van der Waals surface area contributed by atoms with Crippen molar-refractivity contribution in [1.82, 2.24) is 9.97 Å². The Hall–Kier alpha value is -1.94. The maximum absolute atomic E-state index is 5.57. The molecule has 3 N–H and O–H groups in total. The predicted molar refractivity (Wildman–Crippen MR) is 68.4 cm³/mol. The van der Waals surface area contributed by atoms with Crippen LogP contribution in [0.4, 0.5) is 5.82 Å². The van der Waals surface area contributed by atoms with Crippen molar-refractivity contribution >= 4 is 5.82 Å². The molecule has 0 aliphatic heterocycles. The minimum atomic E-state index is 0.193. The first-order valence-electron chi connectivity index (χ1n) is 5.61. The summed E-state index contributed by atoms with van der Waals surface area (Å²) in [6.07, 6.45) is 5.04. The van der Waals surface area contributed by atoms with Crippen LogP contribution in [0.1, 0.15) is 24.1 Å². The summed E-state index contributed by atoms with van der Waals surface area (Å²) in [4.78, 5) is 8.20. The molecule has 0 spiro atoms. The highest BCUT2D eigenvalue weighted by atomic mass is 15.0. The van der Waals surface area contributed by atoms with Crippen LogP contribution >= 0.6 is 0 Å². The van der Waals surface area contributed by atoms with Gasteiger partial charge in [0.05, 0.1) is 6.20 Å². The summed E-state index contributed by atoms with van der Waals surface area (Å²) in [5, 5.41) is 3.29. The number of benzene rings is 1. The Kier molecular flexibility index (Phi) is 3.67. The quantitative estimate of drug-likeness (QED) is 0.841. The lowest BCUT2D eigenvalue weighted by Crippen LogP contribution is -2.08. The molecule has 0 fully saturated rings. The van der Waals surface area contributed by atoms with E-state index in [4.69, 9.17) is 5.73 Å². The SMILES string of the molecule is CC(Nc1cnccn1)c1ccc(CN)cc1. The molecule has 1 aromatic carbocycles. The van der Waals surface area contributed by atoms with E-state index in [1.807, 2.05) is 12.1 Å². The van der Waals surface area contributed by atoms with E-state index in [2.05, 4.69) is 34.3 Å². The first kappa shape index (κ1) is 11.5. The van der Waals surface area contributed by atoms with Crippen LogP contribution in [0.15, 0.2) is 42.9 Å². The van der Waals surface area contributed by atoms with E-state index in [0.717, 1.165) is 11.4 Å². The number of nitrogens with one attached hydrogen (secondary N) is 1. The standard InChI is InChI=1S/C13H16N4/c1-10(17-13-9-15-6-7-16-13)12-4-2-11(8-14)3-5-12/h2-7,9-10H,8,14H2,1H3,(H,16,17). The highest BCUT2D eigenvalue weighted by molar-refractivity contribution is 5.36. The summed E-state index contributed by atoms with van der Waals surface area (Å²) in [5.74, 6) is 0.780. The van der Waals surface area contributed by atoms with Gasteiger partial charge in [-0.2, -0.15) is 0 Å². The van der Waals surface area contributed by atoms with Crippen molar-refractivity contribution in [1.29, 1.82) is 0 Å². The van der Waals surface area contributed by atoms with Crippen molar-refractivity contribution in [2.45, 2.75) is 19.5 Å². The summed E-state index contributed by atoms with van der Waals surface area (Å²) in [7, 11) is 0. The van der Waals surface area contributed by atoms with Crippen LogP contribution in [-0.4, -0.2) is 9.97 Å². The number of anilines is 1. The Morgan fingerprint density at radius 3 is 2.59 bits per heavy atom. The van der Waals surface area contributed by atoms with Gasteiger partial charge in [0.25, 0.3) is 0 Å². The molecule has 88 valence electrons. The molecule has 1 aromatic heterocycles. The maximum Gasteiger partial charge on any atom is 0.144 e. The zero-order valence-electron chi connectivity index (χ0n) is 9.80. The number of aromatic nitrogens is 2. The van der Waals surface area contributed by atoms with Gasteiger partial charge < -0.3 is 11.1 Å². The minimum absolute atomic E-state index is 0.193. The molecule has 4 heteroatoms. The molecule has 1 atom stereocenters. The molecule has 0 bridgehead atoms. The fourth-order valence-corrected chi connectivity index (χ4v) is 1.62. The lowest BCUT2D eigenvalue weighted by molar-refractivity contribution is 0.869. The van der Waals surface area contributed by atoms with Gasteiger partial charge in [0.15, 0.2) is 0 Å². The first-order chi connectivity index (χ1) is 8.29. The zero-order chi connectivity index (χ0) is 12.1. The molecule has 0 saturated heterocycles. The van der Waals surface area contributed by atoms with E-state index in [-0.39, 0.29) is 6.04 Å². The van der Waals surface area contributed by atoms with Crippen molar-refractivity contribution in [2.24, 2.45) is 5.73 Å². The monoisotopic (exact) mass is 228 g/mol. The second kappa shape index (κ2) is 5.41. The van der Waals surface area contributed by atoms with Gasteiger partial charge in [-0.15, -0.1) is 0 Å². The van der Waals surface area contributed by atoms with Crippen molar-refractivity contribution in [2.75, 3.05) is 5.32 Å². The smallest absolute Gasteiger partial charge is 0.144 e. The Labute approximate surface area is 101 Å². The van der Waals surface area contributed by atoms with Crippen LogP contribution in [0.2, 0.25) is 0 Å². The van der Waals surface area contributed by atoms with Gasteiger partial charge in [-0.25, -0.2) is 4.98 Å². The third-order valence-electron chi connectivity index (χ3n) is 2.64. The Bertz CT molecular complexity index is 453. The normalized spacial score (nSPS) is 12.1. The van der Waals surface area contributed by atoms with E-state index in [9.17, 15) is 0 Å². The van der Waals surface area contributed by atoms with Crippen LogP contribution in [-0.2, 0) is 6.54 Å². The van der Waals surface area contributed by atoms with E-state index in [0.29, 0.717) is 6.54 Å². The molecule has 2 rings (SSSR count). The summed E-state index contributed by atoms with van der Waals surface area (Å²) >= 11 is 0. The summed E-state index contributed by atoms with van der Waals surface area (Å²) < 4.78 is 0. The van der Waals surface area contributed by atoms with Crippen LogP contribution in [0.5, 0.6) is 0 Å². The topological polar surface area (TPSA) is 63.8 Å². The number of nitrogens with two attached hydrogens (primary N) is 1. The van der Waals surface area contributed by atoms with Crippen molar-refractivity contribution < 1.29 is 0 Å². The molecule has 1 unspecified atom stereocenters. The molecular weight excluding hydrogens is 212 g/mol. The summed E-state index contributed by atoms with van der Waals surface area (Å²) in [5.41, 5.74) is 7.91. The molecule has 0 aliphatic rings. The van der Waals surface area contributed by atoms with Gasteiger partial charge in [0, 0.05) is 25.0 Å². The fraction of sp³-hybridized carbons (Fsp3) is 0.231. The molecule has 0 aliphatic carbocycles. The zero-order valence-corrected chi connectivity index (χ0v) is 9.80. The fourth-order valence-electron chi connectivity index (χ4n) is 1.62. The van der Waals surface area contributed by atoms with Gasteiger partial charge >= 0.3 is 0 Å². The number of hydrogen-bond donors (Lipinski definition) is 2. The highest BCUT2D eigenvalue weighted by Crippen LogP contribution is 2.17. The Morgan fingerprint density at radius 1 is 1.24 bits per heavy atom. The molecule has 17 heavy (non-hydrogen) atoms. The first-order valence-corrected chi connectivity index (χ1v) is 5.61. The average Bonchev–Trinajstić information content (AvgIpc) is 2.40. The second-order valence-electron chi connectivity index (χ2n) is 3.90. The van der Waals surface area contributed by atoms with Gasteiger partial charge in [-0.05, 0) is 18.1 Å². The molecule has 1 heterocycles. The van der Waals surface area contributed by atoms with E-state index in [1.165, 1.54) is 5.56 Å². The van der Waals surface area contributed by atoms with Gasteiger partial charge in [0.2, 0.25) is 0 Å². The third kappa shape index (κ3) is 3.01. The average molecular weight is 228 g/mol.